The predicted molar refractivity (Wildman–Crippen MR) is 154 cm³/mol. The number of rotatable bonds is 7. The van der Waals surface area contributed by atoms with E-state index in [4.69, 9.17) is 9.47 Å². The van der Waals surface area contributed by atoms with Gasteiger partial charge in [0, 0.05) is 24.4 Å². The molecule has 4 aromatic rings. The Labute approximate surface area is 242 Å². The normalized spacial score (nSPS) is 15.9. The van der Waals surface area contributed by atoms with Crippen molar-refractivity contribution in [3.63, 3.8) is 0 Å². The summed E-state index contributed by atoms with van der Waals surface area (Å²) < 4.78 is 55.2. The highest BCUT2D eigenvalue weighted by Crippen LogP contribution is 2.42. The van der Waals surface area contributed by atoms with Crippen molar-refractivity contribution in [3.8, 4) is 28.3 Å². The number of aromatic nitrogens is 3. The Morgan fingerprint density at radius 3 is 2.45 bits per heavy atom. The van der Waals surface area contributed by atoms with E-state index >= 15 is 4.39 Å². The number of imidazole rings is 1. The molecule has 2 aromatic heterocycles. The summed E-state index contributed by atoms with van der Waals surface area (Å²) in [4.78, 5) is 24.0. The molecule has 1 aliphatic rings. The Hall–Kier alpha value is -4.12. The molecule has 5 rings (SSSR count). The van der Waals surface area contributed by atoms with Crippen LogP contribution in [0, 0.1) is 5.82 Å². The molecule has 42 heavy (non-hydrogen) atoms. The van der Waals surface area contributed by atoms with Crippen molar-refractivity contribution in [2.75, 3.05) is 14.2 Å². The zero-order valence-electron chi connectivity index (χ0n) is 24.7. The van der Waals surface area contributed by atoms with E-state index in [-0.39, 0.29) is 39.3 Å². The first kappa shape index (κ1) is 30.8. The number of carbonyl (C=O) groups is 1. The zero-order chi connectivity index (χ0) is 30.9. The van der Waals surface area contributed by atoms with E-state index < -0.39 is 30.0 Å². The molecule has 3 heterocycles. The van der Waals surface area contributed by atoms with Crippen LogP contribution in [-0.4, -0.2) is 51.2 Å². The number of pyridine rings is 1. The number of alkyl halides is 2. The maximum absolute atomic E-state index is 16.6. The number of amides is 1. The summed E-state index contributed by atoms with van der Waals surface area (Å²) in [7, 11) is 3.04. The summed E-state index contributed by atoms with van der Waals surface area (Å²) in [5.74, 6) is -0.791. The first-order chi connectivity index (χ1) is 20.0. The van der Waals surface area contributed by atoms with Crippen LogP contribution in [-0.2, 0) is 5.60 Å². The minimum absolute atomic E-state index is 0.00390. The molecule has 8 nitrogen and oxygen atoms in total. The number of ether oxygens (including phenoxy) is 2. The third kappa shape index (κ3) is 5.06. The number of benzene rings is 2. The van der Waals surface area contributed by atoms with Gasteiger partial charge in [0.25, 0.3) is 5.91 Å². The molecule has 1 N–H and O–H groups in total. The quantitative estimate of drug-likeness (QED) is 0.251. The van der Waals surface area contributed by atoms with Crippen molar-refractivity contribution in [3.05, 3.63) is 65.5 Å². The van der Waals surface area contributed by atoms with E-state index in [1.54, 1.807) is 32.2 Å². The minimum atomic E-state index is -3.17. The lowest BCUT2D eigenvalue weighted by Crippen LogP contribution is -2.30. The summed E-state index contributed by atoms with van der Waals surface area (Å²) >= 11 is 0. The molecule has 0 fully saturated rings. The van der Waals surface area contributed by atoms with Crippen molar-refractivity contribution < 1.29 is 32.5 Å². The molecule has 2 aromatic carbocycles. The van der Waals surface area contributed by atoms with Crippen molar-refractivity contribution in [2.45, 2.75) is 65.7 Å². The Morgan fingerprint density at radius 1 is 1.12 bits per heavy atom. The molecule has 1 amide bonds. The van der Waals surface area contributed by atoms with Crippen LogP contribution in [0.1, 0.15) is 75.4 Å². The number of hydrogen-bond donors (Lipinski definition) is 1. The van der Waals surface area contributed by atoms with Gasteiger partial charge in [0.1, 0.15) is 34.1 Å². The highest BCUT2D eigenvalue weighted by Gasteiger charge is 2.36. The summed E-state index contributed by atoms with van der Waals surface area (Å²) in [6, 6.07) is 8.46. The molecule has 2 atom stereocenters. The fourth-order valence-corrected chi connectivity index (χ4v) is 5.22. The fraction of sp³-hybridized carbons (Fsp3) is 0.387. The molecule has 11 heteroatoms. The van der Waals surface area contributed by atoms with E-state index in [9.17, 15) is 18.7 Å². The van der Waals surface area contributed by atoms with Gasteiger partial charge in [0.2, 0.25) is 0 Å². The summed E-state index contributed by atoms with van der Waals surface area (Å²) in [5, 5.41) is 10.7. The largest absolute Gasteiger partial charge is 0.495 e. The summed E-state index contributed by atoms with van der Waals surface area (Å²) in [5.41, 5.74) is -0.0667. The molecule has 224 valence electrons. The van der Waals surface area contributed by atoms with Gasteiger partial charge in [0.05, 0.1) is 24.2 Å². The number of hydrogen-bond acceptors (Lipinski definition) is 6. The highest BCUT2D eigenvalue weighted by molar-refractivity contribution is 6.01. The molecule has 0 saturated heterocycles. The van der Waals surface area contributed by atoms with Gasteiger partial charge in [-0.3, -0.25) is 14.3 Å². The van der Waals surface area contributed by atoms with Crippen LogP contribution in [0.2, 0.25) is 0 Å². The van der Waals surface area contributed by atoms with Crippen molar-refractivity contribution in [1.82, 2.24) is 19.4 Å². The van der Waals surface area contributed by atoms with Crippen LogP contribution in [0.25, 0.3) is 27.8 Å². The number of aliphatic hydroxyl groups is 1. The number of fused-ring (bicyclic) bond motifs is 5. The lowest BCUT2D eigenvalue weighted by molar-refractivity contribution is -0.0498. The third-order valence-electron chi connectivity index (χ3n) is 7.51. The van der Waals surface area contributed by atoms with Crippen LogP contribution < -0.4 is 9.47 Å². The Morgan fingerprint density at radius 2 is 1.83 bits per heavy atom. The zero-order valence-corrected chi connectivity index (χ0v) is 24.7. The lowest BCUT2D eigenvalue weighted by atomic mass is 9.96. The van der Waals surface area contributed by atoms with Crippen molar-refractivity contribution in [2.24, 2.45) is 0 Å². The molecular weight excluding hydrogens is 549 g/mol. The van der Waals surface area contributed by atoms with Crippen LogP contribution in [0.3, 0.4) is 0 Å². The SMILES string of the molecule is CC.CCC1c2nc3ccc(-c4cnc(C(C)(O)CC)c(OC)c4)c(F)c3n2-c2c(OC(F)F)cccc2C(=O)N1C. The number of para-hydroxylation sites is 1. The number of carbonyl (C=O) groups excluding carboxylic acids is 1. The van der Waals surface area contributed by atoms with Crippen molar-refractivity contribution >= 4 is 16.9 Å². The second kappa shape index (κ2) is 12.0. The van der Waals surface area contributed by atoms with Gasteiger partial charge in [-0.05, 0) is 50.1 Å². The topological polar surface area (TPSA) is 89.7 Å². The van der Waals surface area contributed by atoms with Crippen LogP contribution in [0.15, 0.2) is 42.6 Å². The smallest absolute Gasteiger partial charge is 0.387 e. The van der Waals surface area contributed by atoms with Gasteiger partial charge < -0.3 is 19.5 Å². The van der Waals surface area contributed by atoms with E-state index in [2.05, 4.69) is 9.97 Å². The number of nitrogens with zero attached hydrogens (tertiary/aromatic N) is 4. The van der Waals surface area contributed by atoms with Gasteiger partial charge >= 0.3 is 6.61 Å². The van der Waals surface area contributed by atoms with E-state index in [1.165, 1.54) is 41.0 Å². The highest BCUT2D eigenvalue weighted by atomic mass is 19.3. The Kier molecular flexibility index (Phi) is 8.81. The second-order valence-corrected chi connectivity index (χ2v) is 9.87. The van der Waals surface area contributed by atoms with Gasteiger partial charge in [-0.15, -0.1) is 0 Å². The predicted octanol–water partition coefficient (Wildman–Crippen LogP) is 7.02. The summed E-state index contributed by atoms with van der Waals surface area (Å²) in [6.45, 7) is 6.12. The molecular formula is C31H35F3N4O4. The van der Waals surface area contributed by atoms with Crippen LogP contribution in [0.4, 0.5) is 13.2 Å². The fourth-order valence-electron chi connectivity index (χ4n) is 5.22. The Bertz CT molecular complexity index is 1620. The molecule has 0 aliphatic carbocycles. The van der Waals surface area contributed by atoms with Gasteiger partial charge in [-0.1, -0.05) is 33.8 Å². The van der Waals surface area contributed by atoms with Gasteiger partial charge in [0.15, 0.2) is 11.6 Å². The standard InChI is InChI=1S/C29H29F3N4O4.C2H6/c1-6-19-26-34-18-12-11-16(15-13-21(39-5)25(33-14-15)29(3,38)7-2)22(30)24(18)36(26)23-17(27(37)35(19)4)9-8-10-20(23)40-28(31)32;1-2/h8-14,19,28,38H,6-7H2,1-5H3;1-2H3. The number of halogens is 3. The first-order valence-corrected chi connectivity index (χ1v) is 13.9. The molecule has 0 radical (unpaired) electrons. The molecule has 2 unspecified atom stereocenters. The first-order valence-electron chi connectivity index (χ1n) is 13.9. The van der Waals surface area contributed by atoms with Crippen LogP contribution in [0.5, 0.6) is 11.5 Å². The van der Waals surface area contributed by atoms with E-state index in [1.807, 2.05) is 27.7 Å². The Balaban J connectivity index is 0.00000198. The third-order valence-corrected chi connectivity index (χ3v) is 7.51. The van der Waals surface area contributed by atoms with Crippen LogP contribution >= 0.6 is 0 Å². The van der Waals surface area contributed by atoms with E-state index in [0.717, 1.165) is 0 Å². The molecule has 0 saturated carbocycles. The van der Waals surface area contributed by atoms with Gasteiger partial charge in [-0.25, -0.2) is 9.37 Å². The molecule has 1 aliphatic heterocycles. The van der Waals surface area contributed by atoms with E-state index in [0.29, 0.717) is 29.9 Å². The van der Waals surface area contributed by atoms with Crippen molar-refractivity contribution in [1.29, 1.82) is 0 Å². The van der Waals surface area contributed by atoms with Gasteiger partial charge in [-0.2, -0.15) is 8.78 Å². The summed E-state index contributed by atoms with van der Waals surface area (Å²) in [6.07, 6.45) is 2.27. The molecule has 0 spiro atoms. The maximum Gasteiger partial charge on any atom is 0.387 e. The number of methoxy groups -OCH3 is 1. The molecule has 0 bridgehead atoms. The maximum atomic E-state index is 16.6. The average Bonchev–Trinajstić information content (AvgIpc) is 3.33. The second-order valence-electron chi connectivity index (χ2n) is 9.87. The lowest BCUT2D eigenvalue weighted by Gasteiger charge is -2.24. The average molecular weight is 585 g/mol. The minimum Gasteiger partial charge on any atom is -0.495 e. The monoisotopic (exact) mass is 584 g/mol.